The molecule has 2 aliphatic rings. The molecule has 3 rings (SSSR count). The van der Waals surface area contributed by atoms with E-state index >= 15 is 0 Å². The van der Waals surface area contributed by atoms with Gasteiger partial charge in [0.05, 0.1) is 19.6 Å². The fourth-order valence-electron chi connectivity index (χ4n) is 2.34. The maximum absolute atomic E-state index is 11.6. The SMILES string of the molecule is CCOC(=O)C[C@@H]1COc2ccc3c(c21)OCO3. The van der Waals surface area contributed by atoms with Crippen molar-refractivity contribution in [2.75, 3.05) is 20.0 Å². The minimum atomic E-state index is -0.213. The Labute approximate surface area is 105 Å². The number of ether oxygens (including phenoxy) is 4. The van der Waals surface area contributed by atoms with Gasteiger partial charge in [-0.3, -0.25) is 4.79 Å². The van der Waals surface area contributed by atoms with Gasteiger partial charge in [-0.25, -0.2) is 0 Å². The molecule has 1 aromatic carbocycles. The lowest BCUT2D eigenvalue weighted by Crippen LogP contribution is -2.11. The molecule has 0 saturated carbocycles. The van der Waals surface area contributed by atoms with Gasteiger partial charge in [-0.2, -0.15) is 0 Å². The number of hydrogen-bond acceptors (Lipinski definition) is 5. The minimum Gasteiger partial charge on any atom is -0.492 e. The smallest absolute Gasteiger partial charge is 0.306 e. The van der Waals surface area contributed by atoms with Crippen LogP contribution in [0, 0.1) is 0 Å². The quantitative estimate of drug-likeness (QED) is 0.766. The molecule has 0 radical (unpaired) electrons. The highest BCUT2D eigenvalue weighted by atomic mass is 16.7. The molecule has 0 unspecified atom stereocenters. The first-order valence-corrected chi connectivity index (χ1v) is 6.00. The van der Waals surface area contributed by atoms with E-state index in [1.54, 1.807) is 6.92 Å². The lowest BCUT2D eigenvalue weighted by Gasteiger charge is -2.09. The molecule has 2 heterocycles. The predicted molar refractivity (Wildman–Crippen MR) is 62.1 cm³/mol. The first-order chi connectivity index (χ1) is 8.79. The predicted octanol–water partition coefficient (Wildman–Crippen LogP) is 1.84. The fourth-order valence-corrected chi connectivity index (χ4v) is 2.34. The lowest BCUT2D eigenvalue weighted by molar-refractivity contribution is -0.143. The van der Waals surface area contributed by atoms with Gasteiger partial charge >= 0.3 is 5.97 Å². The molecule has 0 bridgehead atoms. The van der Waals surface area contributed by atoms with Gasteiger partial charge < -0.3 is 18.9 Å². The third kappa shape index (κ3) is 1.75. The number of carbonyl (C=O) groups is 1. The van der Waals surface area contributed by atoms with Crippen molar-refractivity contribution in [1.29, 1.82) is 0 Å². The average molecular weight is 250 g/mol. The van der Waals surface area contributed by atoms with Crippen LogP contribution in [0.2, 0.25) is 0 Å². The summed E-state index contributed by atoms with van der Waals surface area (Å²) in [7, 11) is 0. The van der Waals surface area contributed by atoms with E-state index in [0.29, 0.717) is 31.1 Å². The summed E-state index contributed by atoms with van der Waals surface area (Å²) in [4.78, 5) is 11.6. The maximum Gasteiger partial charge on any atom is 0.306 e. The van der Waals surface area contributed by atoms with Gasteiger partial charge in [0.25, 0.3) is 0 Å². The number of hydrogen-bond donors (Lipinski definition) is 0. The number of benzene rings is 1. The second-order valence-electron chi connectivity index (χ2n) is 4.23. The molecule has 0 aliphatic carbocycles. The fraction of sp³-hybridized carbons (Fsp3) is 0.462. The van der Waals surface area contributed by atoms with Crippen molar-refractivity contribution in [1.82, 2.24) is 0 Å². The highest BCUT2D eigenvalue weighted by Crippen LogP contribution is 2.48. The summed E-state index contributed by atoms with van der Waals surface area (Å²) < 4.78 is 21.3. The molecule has 5 heteroatoms. The molecule has 1 aromatic rings. The number of carbonyl (C=O) groups excluding carboxylic acids is 1. The second kappa shape index (κ2) is 4.40. The summed E-state index contributed by atoms with van der Waals surface area (Å²) >= 11 is 0. The zero-order chi connectivity index (χ0) is 12.5. The lowest BCUT2D eigenvalue weighted by atomic mass is 9.96. The van der Waals surface area contributed by atoms with Gasteiger partial charge in [0.15, 0.2) is 11.5 Å². The van der Waals surface area contributed by atoms with E-state index in [2.05, 4.69) is 0 Å². The summed E-state index contributed by atoms with van der Waals surface area (Å²) in [5.41, 5.74) is 0.929. The van der Waals surface area contributed by atoms with E-state index in [1.165, 1.54) is 0 Å². The molecule has 0 amide bonds. The van der Waals surface area contributed by atoms with Crippen LogP contribution in [0.4, 0.5) is 0 Å². The van der Waals surface area contributed by atoms with Gasteiger partial charge in [0.2, 0.25) is 6.79 Å². The second-order valence-corrected chi connectivity index (χ2v) is 4.23. The van der Waals surface area contributed by atoms with Crippen LogP contribution in [0.3, 0.4) is 0 Å². The maximum atomic E-state index is 11.6. The number of rotatable bonds is 3. The van der Waals surface area contributed by atoms with Crippen molar-refractivity contribution in [3.63, 3.8) is 0 Å². The summed E-state index contributed by atoms with van der Waals surface area (Å²) in [6.45, 7) is 2.89. The topological polar surface area (TPSA) is 54.0 Å². The zero-order valence-corrected chi connectivity index (χ0v) is 10.1. The number of fused-ring (bicyclic) bond motifs is 3. The van der Waals surface area contributed by atoms with Gasteiger partial charge in [-0.1, -0.05) is 0 Å². The Morgan fingerprint density at radius 2 is 2.17 bits per heavy atom. The molecule has 0 spiro atoms. The van der Waals surface area contributed by atoms with Crippen molar-refractivity contribution in [3.8, 4) is 17.2 Å². The Kier molecular flexibility index (Phi) is 2.74. The van der Waals surface area contributed by atoms with Crippen molar-refractivity contribution >= 4 is 5.97 Å². The van der Waals surface area contributed by atoms with E-state index in [1.807, 2.05) is 12.1 Å². The van der Waals surface area contributed by atoms with Crippen molar-refractivity contribution < 1.29 is 23.7 Å². The first-order valence-electron chi connectivity index (χ1n) is 6.00. The average Bonchev–Trinajstić information content (AvgIpc) is 2.94. The van der Waals surface area contributed by atoms with E-state index in [-0.39, 0.29) is 18.7 Å². The molecule has 0 aromatic heterocycles. The molecule has 96 valence electrons. The Morgan fingerprint density at radius 3 is 3.00 bits per heavy atom. The van der Waals surface area contributed by atoms with E-state index < -0.39 is 0 Å². The molecule has 0 N–H and O–H groups in total. The highest BCUT2D eigenvalue weighted by molar-refractivity contribution is 5.72. The molecule has 18 heavy (non-hydrogen) atoms. The summed E-state index contributed by atoms with van der Waals surface area (Å²) in [5.74, 6) is 1.96. The largest absolute Gasteiger partial charge is 0.492 e. The van der Waals surface area contributed by atoms with Crippen molar-refractivity contribution in [2.24, 2.45) is 0 Å². The molecule has 0 fully saturated rings. The molecule has 1 atom stereocenters. The molecule has 0 saturated heterocycles. The minimum absolute atomic E-state index is 0.0179. The third-order valence-electron chi connectivity index (χ3n) is 3.10. The Balaban J connectivity index is 1.87. The Morgan fingerprint density at radius 1 is 1.33 bits per heavy atom. The van der Waals surface area contributed by atoms with Crippen LogP contribution in [-0.2, 0) is 9.53 Å². The van der Waals surface area contributed by atoms with Gasteiger partial charge in [-0.05, 0) is 19.1 Å². The zero-order valence-electron chi connectivity index (χ0n) is 10.1. The van der Waals surface area contributed by atoms with Crippen molar-refractivity contribution in [2.45, 2.75) is 19.3 Å². The Hall–Kier alpha value is -1.91. The van der Waals surface area contributed by atoms with Crippen LogP contribution in [-0.4, -0.2) is 26.0 Å². The van der Waals surface area contributed by atoms with Crippen LogP contribution in [0.15, 0.2) is 12.1 Å². The van der Waals surface area contributed by atoms with Crippen molar-refractivity contribution in [3.05, 3.63) is 17.7 Å². The monoisotopic (exact) mass is 250 g/mol. The molecule has 5 nitrogen and oxygen atoms in total. The molecular formula is C13H14O5. The van der Waals surface area contributed by atoms with Gasteiger partial charge in [0.1, 0.15) is 5.75 Å². The summed E-state index contributed by atoms with van der Waals surface area (Å²) in [5, 5.41) is 0. The summed E-state index contributed by atoms with van der Waals surface area (Å²) in [6, 6.07) is 3.68. The van der Waals surface area contributed by atoms with Crippen LogP contribution in [0.25, 0.3) is 0 Å². The van der Waals surface area contributed by atoms with E-state index in [4.69, 9.17) is 18.9 Å². The van der Waals surface area contributed by atoms with Crippen LogP contribution in [0.1, 0.15) is 24.8 Å². The van der Waals surface area contributed by atoms with Gasteiger partial charge in [0, 0.05) is 11.5 Å². The number of esters is 1. The Bertz CT molecular complexity index is 483. The standard InChI is InChI=1S/C13H14O5/c1-2-15-11(14)5-8-6-16-9-3-4-10-13(12(8)9)18-7-17-10/h3-4,8H,2,5-7H2,1H3/t8-/m1/s1. The van der Waals surface area contributed by atoms with Gasteiger partial charge in [-0.15, -0.1) is 0 Å². The van der Waals surface area contributed by atoms with Crippen LogP contribution < -0.4 is 14.2 Å². The first kappa shape index (κ1) is 11.2. The molecular weight excluding hydrogens is 236 g/mol. The van der Waals surface area contributed by atoms with E-state index in [9.17, 15) is 4.79 Å². The molecule has 2 aliphatic heterocycles. The highest BCUT2D eigenvalue weighted by Gasteiger charge is 2.34. The van der Waals surface area contributed by atoms with E-state index in [0.717, 1.165) is 11.3 Å². The summed E-state index contributed by atoms with van der Waals surface area (Å²) in [6.07, 6.45) is 0.306. The normalized spacial score (nSPS) is 19.3. The third-order valence-corrected chi connectivity index (χ3v) is 3.10. The van der Waals surface area contributed by atoms with Crippen LogP contribution >= 0.6 is 0 Å². The van der Waals surface area contributed by atoms with Crippen LogP contribution in [0.5, 0.6) is 17.2 Å².